The van der Waals surface area contributed by atoms with Gasteiger partial charge in [0.05, 0.1) is 21.0 Å². The number of allylic oxidation sites excluding steroid dienone is 1. The Balaban J connectivity index is 1.63. The van der Waals surface area contributed by atoms with Crippen molar-refractivity contribution in [1.82, 2.24) is 8.87 Å². The number of hydrogen-bond acceptors (Lipinski definition) is 4. The largest absolute Gasteiger partial charge is 0.313 e. The molecule has 3 aromatic rings. The van der Waals surface area contributed by atoms with Gasteiger partial charge in [-0.15, -0.1) is 6.58 Å². The first kappa shape index (κ1) is 21.6. The van der Waals surface area contributed by atoms with Crippen molar-refractivity contribution in [1.29, 1.82) is 0 Å². The minimum absolute atomic E-state index is 0.0978. The third kappa shape index (κ3) is 4.39. The Bertz CT molecular complexity index is 1300. The minimum Gasteiger partial charge on any atom is -0.313 e. The lowest BCUT2D eigenvalue weighted by molar-refractivity contribution is -0.122. The molecule has 1 amide bonds. The van der Waals surface area contributed by atoms with Crippen molar-refractivity contribution in [2.45, 2.75) is 24.3 Å². The maximum absolute atomic E-state index is 13.6. The average Bonchev–Trinajstić information content (AvgIpc) is 3.10. The Morgan fingerprint density at radius 3 is 2.77 bits per heavy atom. The number of sulfonamides is 1. The molecule has 0 aliphatic carbocycles. The molecule has 4 rings (SSSR count). The molecular formula is C22H22FN3O3S2. The molecule has 0 bridgehead atoms. The highest BCUT2D eigenvalue weighted by Crippen LogP contribution is 2.25. The zero-order valence-corrected chi connectivity index (χ0v) is 18.4. The predicted octanol–water partition coefficient (Wildman–Crippen LogP) is 3.56. The summed E-state index contributed by atoms with van der Waals surface area (Å²) < 4.78 is 43.4. The van der Waals surface area contributed by atoms with Gasteiger partial charge in [-0.3, -0.25) is 4.79 Å². The van der Waals surface area contributed by atoms with E-state index in [2.05, 4.69) is 11.6 Å². The molecule has 0 radical (unpaired) electrons. The molecule has 162 valence electrons. The van der Waals surface area contributed by atoms with Crippen LogP contribution < -0.4 is 4.80 Å². The van der Waals surface area contributed by atoms with Crippen LogP contribution in [0.4, 0.5) is 4.39 Å². The van der Waals surface area contributed by atoms with Crippen molar-refractivity contribution in [3.05, 3.63) is 71.8 Å². The lowest BCUT2D eigenvalue weighted by atomic mass is 9.99. The fraction of sp³-hybridized carbons (Fsp3) is 0.273. The monoisotopic (exact) mass is 459 g/mol. The molecule has 0 saturated carbocycles. The smallest absolute Gasteiger partial charge is 0.252 e. The van der Waals surface area contributed by atoms with Gasteiger partial charge in [-0.1, -0.05) is 35.6 Å². The zero-order valence-electron chi connectivity index (χ0n) is 16.8. The summed E-state index contributed by atoms with van der Waals surface area (Å²) in [5.74, 6) is -1.24. The van der Waals surface area contributed by atoms with Gasteiger partial charge in [-0.05, 0) is 43.2 Å². The average molecular weight is 460 g/mol. The van der Waals surface area contributed by atoms with E-state index >= 15 is 0 Å². The van der Waals surface area contributed by atoms with E-state index in [-0.39, 0.29) is 23.2 Å². The number of aromatic nitrogens is 1. The molecule has 1 atom stereocenters. The molecule has 2 heterocycles. The number of carbonyl (C=O) groups is 1. The van der Waals surface area contributed by atoms with Crippen LogP contribution in [0.5, 0.6) is 0 Å². The van der Waals surface area contributed by atoms with Crippen molar-refractivity contribution < 1.29 is 17.6 Å². The van der Waals surface area contributed by atoms with Gasteiger partial charge in [0, 0.05) is 19.6 Å². The van der Waals surface area contributed by atoms with Gasteiger partial charge in [0.1, 0.15) is 5.82 Å². The maximum atomic E-state index is 13.6. The topological polar surface area (TPSA) is 71.7 Å². The van der Waals surface area contributed by atoms with Crippen molar-refractivity contribution in [3.63, 3.8) is 0 Å². The Labute approximate surface area is 184 Å². The molecule has 1 unspecified atom stereocenters. The first-order chi connectivity index (χ1) is 14.9. The lowest BCUT2D eigenvalue weighted by Crippen LogP contribution is -2.42. The van der Waals surface area contributed by atoms with Crippen LogP contribution in [0.2, 0.25) is 0 Å². The highest BCUT2D eigenvalue weighted by molar-refractivity contribution is 7.89. The number of piperidine rings is 1. The summed E-state index contributed by atoms with van der Waals surface area (Å²) in [6.45, 7) is 4.65. The van der Waals surface area contributed by atoms with Crippen LogP contribution >= 0.6 is 11.3 Å². The number of benzene rings is 2. The van der Waals surface area contributed by atoms with Crippen molar-refractivity contribution in [2.24, 2.45) is 10.9 Å². The number of carbonyl (C=O) groups excluding carboxylic acids is 1. The van der Waals surface area contributed by atoms with Crippen LogP contribution in [0.3, 0.4) is 0 Å². The minimum atomic E-state index is -3.66. The van der Waals surface area contributed by atoms with E-state index in [4.69, 9.17) is 0 Å². The fourth-order valence-electron chi connectivity index (χ4n) is 3.73. The molecule has 9 heteroatoms. The molecule has 1 saturated heterocycles. The molecule has 1 fully saturated rings. The zero-order chi connectivity index (χ0) is 22.0. The molecule has 0 spiro atoms. The Morgan fingerprint density at radius 1 is 1.26 bits per heavy atom. The summed E-state index contributed by atoms with van der Waals surface area (Å²) in [7, 11) is -3.66. The number of halogens is 1. The van der Waals surface area contributed by atoms with Crippen molar-refractivity contribution in [2.75, 3.05) is 13.1 Å². The molecule has 0 N–H and O–H groups in total. The van der Waals surface area contributed by atoms with Crippen LogP contribution in [-0.4, -0.2) is 36.3 Å². The number of hydrogen-bond donors (Lipinski definition) is 0. The number of nitrogens with zero attached hydrogens (tertiary/aromatic N) is 3. The van der Waals surface area contributed by atoms with E-state index in [1.54, 1.807) is 42.5 Å². The quantitative estimate of drug-likeness (QED) is 0.548. The lowest BCUT2D eigenvalue weighted by Gasteiger charge is -2.30. The molecule has 2 aromatic carbocycles. The third-order valence-electron chi connectivity index (χ3n) is 5.28. The van der Waals surface area contributed by atoms with Gasteiger partial charge in [0.15, 0.2) is 4.80 Å². The Hall–Kier alpha value is -2.62. The predicted molar refractivity (Wildman–Crippen MR) is 118 cm³/mol. The first-order valence-corrected chi connectivity index (χ1v) is 12.2. The second-order valence-corrected chi connectivity index (χ2v) is 10.3. The van der Waals surface area contributed by atoms with E-state index in [0.717, 1.165) is 5.52 Å². The van der Waals surface area contributed by atoms with Crippen molar-refractivity contribution in [3.8, 4) is 0 Å². The van der Waals surface area contributed by atoms with E-state index in [9.17, 15) is 17.6 Å². The van der Waals surface area contributed by atoms with E-state index in [1.807, 2.05) is 4.57 Å². The van der Waals surface area contributed by atoms with Crippen LogP contribution in [-0.2, 0) is 21.4 Å². The van der Waals surface area contributed by atoms with Crippen LogP contribution in [0.25, 0.3) is 10.2 Å². The summed E-state index contributed by atoms with van der Waals surface area (Å²) in [6.07, 6.45) is 2.85. The summed E-state index contributed by atoms with van der Waals surface area (Å²) in [5, 5.41) is 0. The summed E-state index contributed by atoms with van der Waals surface area (Å²) >= 11 is 1.23. The van der Waals surface area contributed by atoms with E-state index in [1.165, 1.54) is 27.8 Å². The standard InChI is InChI=1S/C22H22FN3O3S2/c1-2-12-26-19-11-10-17(23)14-20(19)30-22(26)24-21(27)16-7-6-13-25(15-16)31(28,29)18-8-4-3-5-9-18/h2-5,8-11,14,16H,1,6-7,12-13,15H2. The summed E-state index contributed by atoms with van der Waals surface area (Å²) in [6, 6.07) is 12.7. The Morgan fingerprint density at radius 2 is 2.03 bits per heavy atom. The molecule has 1 aliphatic heterocycles. The van der Waals surface area contributed by atoms with Crippen LogP contribution in [0.15, 0.2) is 71.1 Å². The molecule has 6 nitrogen and oxygen atoms in total. The number of fused-ring (bicyclic) bond motifs is 1. The van der Waals surface area contributed by atoms with Crippen LogP contribution in [0.1, 0.15) is 12.8 Å². The molecule has 31 heavy (non-hydrogen) atoms. The second kappa shape index (κ2) is 8.86. The number of amides is 1. The number of thiazole rings is 1. The number of rotatable bonds is 5. The first-order valence-electron chi connectivity index (χ1n) is 9.93. The summed E-state index contributed by atoms with van der Waals surface area (Å²) in [4.78, 5) is 18.0. The van der Waals surface area contributed by atoms with Gasteiger partial charge in [0.25, 0.3) is 5.91 Å². The molecular weight excluding hydrogens is 437 g/mol. The normalized spacial score (nSPS) is 18.4. The van der Waals surface area contributed by atoms with E-state index < -0.39 is 15.9 Å². The van der Waals surface area contributed by atoms with Gasteiger partial charge < -0.3 is 4.57 Å². The SMILES string of the molecule is C=CCn1c(=NC(=O)C2CCCN(S(=O)(=O)c3ccccc3)C2)sc2cc(F)ccc21. The fourth-order valence-corrected chi connectivity index (χ4v) is 6.34. The Kier molecular flexibility index (Phi) is 6.17. The van der Waals surface area contributed by atoms with Crippen LogP contribution in [0, 0.1) is 11.7 Å². The molecule has 1 aromatic heterocycles. The van der Waals surface area contributed by atoms with Gasteiger partial charge in [0.2, 0.25) is 10.0 Å². The maximum Gasteiger partial charge on any atom is 0.252 e. The summed E-state index contributed by atoms with van der Waals surface area (Å²) in [5.41, 5.74) is 0.773. The highest BCUT2D eigenvalue weighted by Gasteiger charge is 2.33. The van der Waals surface area contributed by atoms with E-state index in [0.29, 0.717) is 35.4 Å². The molecule has 1 aliphatic rings. The van der Waals surface area contributed by atoms with Gasteiger partial charge in [-0.25, -0.2) is 12.8 Å². The second-order valence-electron chi connectivity index (χ2n) is 7.36. The van der Waals surface area contributed by atoms with Crippen molar-refractivity contribution >= 4 is 37.5 Å². The highest BCUT2D eigenvalue weighted by atomic mass is 32.2. The van der Waals surface area contributed by atoms with Gasteiger partial charge >= 0.3 is 0 Å². The van der Waals surface area contributed by atoms with Gasteiger partial charge in [-0.2, -0.15) is 9.30 Å². The third-order valence-corrected chi connectivity index (χ3v) is 8.20.